The molecule has 7 heteroatoms. The minimum Gasteiger partial charge on any atom is -0.449 e. The largest absolute Gasteiger partial charge is 0.449 e. The fourth-order valence-electron chi connectivity index (χ4n) is 5.81. The first-order valence-electron chi connectivity index (χ1n) is 11.5. The third kappa shape index (κ3) is 3.25. The second-order valence-corrected chi connectivity index (χ2v) is 11.3. The van der Waals surface area contributed by atoms with Crippen LogP contribution >= 0.6 is 0 Å². The average molecular weight is 451 g/mol. The zero-order valence-corrected chi connectivity index (χ0v) is 18.8. The van der Waals surface area contributed by atoms with Gasteiger partial charge < -0.3 is 4.42 Å². The molecule has 6 rings (SSSR count). The van der Waals surface area contributed by atoms with Crippen molar-refractivity contribution in [1.29, 1.82) is 0 Å². The summed E-state index contributed by atoms with van der Waals surface area (Å²) in [7, 11) is -3.85. The van der Waals surface area contributed by atoms with Gasteiger partial charge in [0.1, 0.15) is 11.5 Å². The molecule has 1 aromatic carbocycles. The lowest BCUT2D eigenvalue weighted by atomic mass is 9.91. The molecule has 3 aliphatic rings. The number of fused-ring (bicyclic) bond motifs is 5. The predicted molar refractivity (Wildman–Crippen MR) is 120 cm³/mol. The van der Waals surface area contributed by atoms with Gasteiger partial charge in [-0.2, -0.15) is 5.10 Å². The van der Waals surface area contributed by atoms with Gasteiger partial charge in [-0.25, -0.2) is 8.42 Å². The molecule has 0 aliphatic heterocycles. The van der Waals surface area contributed by atoms with Crippen LogP contribution in [0.5, 0.6) is 0 Å². The van der Waals surface area contributed by atoms with Crippen LogP contribution < -0.4 is 0 Å². The van der Waals surface area contributed by atoms with E-state index in [1.165, 1.54) is 22.3 Å². The fraction of sp³-hybridized carbons (Fsp3) is 0.440. The number of nitrogens with one attached hydrogen (secondary N) is 1. The van der Waals surface area contributed by atoms with Crippen LogP contribution in [0.15, 0.2) is 27.8 Å². The van der Waals surface area contributed by atoms with E-state index in [1.807, 2.05) is 0 Å². The molecule has 3 aliphatic carbocycles. The number of nitrogens with zero attached hydrogens (tertiary/aromatic N) is 1. The number of furan rings is 1. The number of aromatic nitrogens is 2. The standard InChI is InChI=1S/C25H26N2O4S/c28-18(11-21-19-7-1-4-15(19)10-16-5-2-8-20(16)21)14-32(29,30)24-12-22-23(31-24)9-3-6-17-13-26-27-25(17)22/h10,12-13H,1-9,11,14H2,(H,26,27). The summed E-state index contributed by atoms with van der Waals surface area (Å²) in [6, 6.07) is 3.90. The molecule has 3 aromatic rings. The first-order chi connectivity index (χ1) is 15.5. The van der Waals surface area contributed by atoms with Crippen molar-refractivity contribution in [2.24, 2.45) is 0 Å². The van der Waals surface area contributed by atoms with Gasteiger partial charge in [-0.15, -0.1) is 0 Å². The molecule has 166 valence electrons. The van der Waals surface area contributed by atoms with Gasteiger partial charge in [-0.05, 0) is 84.7 Å². The summed E-state index contributed by atoms with van der Waals surface area (Å²) >= 11 is 0. The Morgan fingerprint density at radius 2 is 1.62 bits per heavy atom. The lowest BCUT2D eigenvalue weighted by Gasteiger charge is -2.14. The highest BCUT2D eigenvalue weighted by atomic mass is 32.2. The molecule has 1 N–H and O–H groups in total. The Morgan fingerprint density at radius 3 is 2.38 bits per heavy atom. The summed E-state index contributed by atoms with van der Waals surface area (Å²) in [6.45, 7) is 0. The van der Waals surface area contributed by atoms with Crippen LogP contribution in [0.2, 0.25) is 0 Å². The molecular weight excluding hydrogens is 424 g/mol. The average Bonchev–Trinajstić information content (AvgIpc) is 3.53. The number of hydrogen-bond acceptors (Lipinski definition) is 5. The number of sulfone groups is 1. The Bertz CT molecular complexity index is 1310. The number of aromatic amines is 1. The molecule has 0 spiro atoms. The third-order valence-corrected chi connectivity index (χ3v) is 8.77. The number of benzene rings is 1. The van der Waals surface area contributed by atoms with Crippen LogP contribution in [0.3, 0.4) is 0 Å². The van der Waals surface area contributed by atoms with E-state index in [0.29, 0.717) is 12.2 Å². The summed E-state index contributed by atoms with van der Waals surface area (Å²) in [5.74, 6) is -0.126. The highest BCUT2D eigenvalue weighted by Gasteiger charge is 2.30. The number of H-pyrrole nitrogens is 1. The molecule has 0 saturated carbocycles. The molecule has 0 fully saturated rings. The monoisotopic (exact) mass is 450 g/mol. The summed E-state index contributed by atoms with van der Waals surface area (Å²) in [5, 5.41) is 6.96. The summed E-state index contributed by atoms with van der Waals surface area (Å²) < 4.78 is 32.0. The molecule has 6 nitrogen and oxygen atoms in total. The number of rotatable bonds is 5. The maximum absolute atomic E-state index is 13.1. The smallest absolute Gasteiger partial charge is 0.219 e. The fourth-order valence-corrected chi connectivity index (χ4v) is 7.00. The van der Waals surface area contributed by atoms with Crippen molar-refractivity contribution in [3.05, 3.63) is 57.5 Å². The van der Waals surface area contributed by atoms with E-state index in [2.05, 4.69) is 16.3 Å². The van der Waals surface area contributed by atoms with Gasteiger partial charge in [0.25, 0.3) is 0 Å². The quantitative estimate of drug-likeness (QED) is 0.639. The molecule has 0 radical (unpaired) electrons. The lowest BCUT2D eigenvalue weighted by Crippen LogP contribution is -2.19. The van der Waals surface area contributed by atoms with Gasteiger partial charge in [-0.1, -0.05) is 6.07 Å². The first-order valence-corrected chi connectivity index (χ1v) is 13.2. The van der Waals surface area contributed by atoms with Gasteiger partial charge in [0, 0.05) is 24.5 Å². The van der Waals surface area contributed by atoms with Crippen LogP contribution in [0.4, 0.5) is 0 Å². The van der Waals surface area contributed by atoms with E-state index >= 15 is 0 Å². The Labute approximate surface area is 187 Å². The second kappa shape index (κ2) is 7.44. The molecule has 0 saturated heterocycles. The maximum Gasteiger partial charge on any atom is 0.219 e. The van der Waals surface area contributed by atoms with E-state index in [4.69, 9.17) is 4.42 Å². The van der Waals surface area contributed by atoms with Crippen molar-refractivity contribution in [1.82, 2.24) is 10.2 Å². The van der Waals surface area contributed by atoms with Gasteiger partial charge in [0.15, 0.2) is 5.78 Å². The van der Waals surface area contributed by atoms with E-state index in [-0.39, 0.29) is 17.3 Å². The Balaban J connectivity index is 1.28. The summed E-state index contributed by atoms with van der Waals surface area (Å²) in [6.07, 6.45) is 10.8. The van der Waals surface area contributed by atoms with E-state index in [1.54, 1.807) is 12.3 Å². The number of carbonyl (C=O) groups excluding carboxylic acids is 1. The lowest BCUT2D eigenvalue weighted by molar-refractivity contribution is -0.116. The zero-order chi connectivity index (χ0) is 21.9. The van der Waals surface area contributed by atoms with Crippen LogP contribution in [0.1, 0.15) is 58.4 Å². The molecule has 0 bridgehead atoms. The first kappa shape index (κ1) is 20.0. The Kier molecular flexibility index (Phi) is 4.64. The molecular formula is C25H26N2O4S. The van der Waals surface area contributed by atoms with Crippen LogP contribution in [-0.4, -0.2) is 30.2 Å². The van der Waals surface area contributed by atoms with Crippen molar-refractivity contribution >= 4 is 15.6 Å². The highest BCUT2D eigenvalue weighted by molar-refractivity contribution is 7.92. The van der Waals surface area contributed by atoms with E-state index in [0.717, 1.165) is 73.8 Å². The predicted octanol–water partition coefficient (Wildman–Crippen LogP) is 3.72. The topological polar surface area (TPSA) is 93.0 Å². The van der Waals surface area contributed by atoms with Crippen molar-refractivity contribution in [2.75, 3.05) is 5.75 Å². The van der Waals surface area contributed by atoms with Gasteiger partial charge >= 0.3 is 0 Å². The highest BCUT2D eigenvalue weighted by Crippen LogP contribution is 2.37. The van der Waals surface area contributed by atoms with Crippen molar-refractivity contribution < 1.29 is 17.6 Å². The van der Waals surface area contributed by atoms with Gasteiger partial charge in [0.2, 0.25) is 14.9 Å². The van der Waals surface area contributed by atoms with Crippen molar-refractivity contribution in [3.63, 3.8) is 0 Å². The van der Waals surface area contributed by atoms with Gasteiger partial charge in [-0.3, -0.25) is 9.89 Å². The van der Waals surface area contributed by atoms with E-state index in [9.17, 15) is 13.2 Å². The van der Waals surface area contributed by atoms with Gasteiger partial charge in [0.05, 0.1) is 11.9 Å². The third-order valence-electron chi connectivity index (χ3n) is 7.25. The van der Waals surface area contributed by atoms with Crippen molar-refractivity contribution in [2.45, 2.75) is 69.3 Å². The summed E-state index contributed by atoms with van der Waals surface area (Å²) in [5.41, 5.74) is 9.08. The zero-order valence-electron chi connectivity index (χ0n) is 18.0. The van der Waals surface area contributed by atoms with Crippen molar-refractivity contribution in [3.8, 4) is 11.3 Å². The molecule has 2 heterocycles. The minimum atomic E-state index is -3.85. The molecule has 32 heavy (non-hydrogen) atoms. The normalized spacial score (nSPS) is 16.9. The summed E-state index contributed by atoms with van der Waals surface area (Å²) in [4.78, 5) is 13.0. The number of Topliss-reactive ketones (excluding diaryl/α,β-unsaturated/α-hetero) is 1. The van der Waals surface area contributed by atoms with Crippen LogP contribution in [0.25, 0.3) is 11.3 Å². The molecule has 0 atom stereocenters. The Hall–Kier alpha value is -2.67. The molecule has 0 unspecified atom stereocenters. The maximum atomic E-state index is 13.1. The molecule has 2 aromatic heterocycles. The SMILES string of the molecule is O=C(Cc1c2c(cc3c1CCC3)CCC2)CS(=O)(=O)c1cc2c(o1)CCCc1cn[nH]c1-2. The van der Waals surface area contributed by atoms with Crippen LogP contribution in [0, 0.1) is 0 Å². The Morgan fingerprint density at radius 1 is 0.938 bits per heavy atom. The second-order valence-electron chi connectivity index (χ2n) is 9.34. The minimum absolute atomic E-state index is 0.109. The number of ketones is 1. The van der Waals surface area contributed by atoms with E-state index < -0.39 is 15.6 Å². The van der Waals surface area contributed by atoms with Crippen LogP contribution in [-0.2, 0) is 59.6 Å². The molecule has 0 amide bonds. The number of hydrogen-bond donors (Lipinski definition) is 1. The number of carbonyl (C=O) groups is 1. The number of aryl methyl sites for hydroxylation is 4.